The van der Waals surface area contributed by atoms with Crippen molar-refractivity contribution in [2.24, 2.45) is 0 Å². The summed E-state index contributed by atoms with van der Waals surface area (Å²) in [6.45, 7) is 1.95. The third kappa shape index (κ3) is 5.22. The molecule has 1 N–H and O–H groups in total. The predicted octanol–water partition coefficient (Wildman–Crippen LogP) is 5.88. The van der Waals surface area contributed by atoms with Crippen molar-refractivity contribution in [3.05, 3.63) is 94.5 Å². The van der Waals surface area contributed by atoms with E-state index in [1.54, 1.807) is 30.3 Å². The van der Waals surface area contributed by atoms with E-state index in [1.807, 2.05) is 49.4 Å². The highest BCUT2D eigenvalue weighted by Crippen LogP contribution is 2.24. The van der Waals surface area contributed by atoms with Crippen molar-refractivity contribution in [2.75, 3.05) is 11.1 Å². The van der Waals surface area contributed by atoms with Crippen LogP contribution in [-0.2, 0) is 0 Å². The van der Waals surface area contributed by atoms with Crippen LogP contribution in [0.4, 0.5) is 5.69 Å². The van der Waals surface area contributed by atoms with Crippen LogP contribution < -0.4 is 5.32 Å². The second-order valence-corrected chi connectivity index (χ2v) is 7.50. The van der Waals surface area contributed by atoms with Gasteiger partial charge in [0.2, 0.25) is 0 Å². The van der Waals surface area contributed by atoms with Gasteiger partial charge in [-0.2, -0.15) is 0 Å². The third-order valence-electron chi connectivity index (χ3n) is 3.92. The summed E-state index contributed by atoms with van der Waals surface area (Å²) < 4.78 is 0. The summed E-state index contributed by atoms with van der Waals surface area (Å²) in [5.74, 6) is 0.0896. The topological polar surface area (TPSA) is 46.2 Å². The summed E-state index contributed by atoms with van der Waals surface area (Å²) in [5.41, 5.74) is 2.86. The van der Waals surface area contributed by atoms with Crippen molar-refractivity contribution in [3.8, 4) is 0 Å². The lowest BCUT2D eigenvalue weighted by Crippen LogP contribution is -2.11. The van der Waals surface area contributed by atoms with E-state index in [4.69, 9.17) is 11.6 Å². The molecule has 0 radical (unpaired) electrons. The van der Waals surface area contributed by atoms with E-state index in [2.05, 4.69) is 5.32 Å². The van der Waals surface area contributed by atoms with Crippen LogP contribution in [-0.4, -0.2) is 17.4 Å². The van der Waals surface area contributed by atoms with Crippen LogP contribution in [0, 0.1) is 6.92 Å². The van der Waals surface area contributed by atoms with Gasteiger partial charge in [-0.05, 0) is 49.4 Å². The number of thioether (sulfide) groups is 1. The third-order valence-corrected chi connectivity index (χ3v) is 5.24. The van der Waals surface area contributed by atoms with Gasteiger partial charge in [-0.15, -0.1) is 11.8 Å². The smallest absolute Gasteiger partial charge is 0.255 e. The SMILES string of the molecule is Cc1cccc(C(=O)Nc2cccc(SCC(=O)c3ccccc3Cl)c2)c1. The first-order valence-corrected chi connectivity index (χ1v) is 9.78. The highest BCUT2D eigenvalue weighted by molar-refractivity contribution is 8.00. The van der Waals surface area contributed by atoms with Gasteiger partial charge < -0.3 is 5.32 Å². The largest absolute Gasteiger partial charge is 0.322 e. The van der Waals surface area contributed by atoms with E-state index in [1.165, 1.54) is 11.8 Å². The number of ketones is 1. The Balaban J connectivity index is 1.64. The molecule has 0 spiro atoms. The number of Topliss-reactive ketones (excluding diaryl/α,β-unsaturated/α-hetero) is 1. The summed E-state index contributed by atoms with van der Waals surface area (Å²) in [4.78, 5) is 25.6. The Bertz CT molecular complexity index is 987. The Morgan fingerprint density at radius 1 is 0.963 bits per heavy atom. The standard InChI is InChI=1S/C22H18ClNO2S/c1-15-6-4-7-16(12-15)22(26)24-17-8-5-9-18(13-17)27-14-21(25)19-10-2-3-11-20(19)23/h2-13H,14H2,1H3,(H,24,26). The number of anilines is 1. The molecule has 0 aliphatic carbocycles. The van der Waals surface area contributed by atoms with E-state index in [0.717, 1.165) is 10.5 Å². The second kappa shape index (κ2) is 8.89. The molecule has 0 aliphatic rings. The van der Waals surface area contributed by atoms with Gasteiger partial charge in [-0.1, -0.05) is 47.5 Å². The number of benzene rings is 3. The van der Waals surface area contributed by atoms with Crippen LogP contribution in [0.1, 0.15) is 26.3 Å². The van der Waals surface area contributed by atoms with Gasteiger partial charge in [0, 0.05) is 21.7 Å². The minimum Gasteiger partial charge on any atom is -0.322 e. The molecule has 3 rings (SSSR count). The maximum Gasteiger partial charge on any atom is 0.255 e. The highest BCUT2D eigenvalue weighted by atomic mass is 35.5. The van der Waals surface area contributed by atoms with E-state index in [0.29, 0.717) is 21.8 Å². The maximum absolute atomic E-state index is 12.4. The minimum absolute atomic E-state index is 0.0280. The zero-order chi connectivity index (χ0) is 19.2. The summed E-state index contributed by atoms with van der Waals surface area (Å²) in [6, 6.07) is 21.9. The lowest BCUT2D eigenvalue weighted by molar-refractivity contribution is 0.101. The van der Waals surface area contributed by atoms with Gasteiger partial charge in [-0.3, -0.25) is 9.59 Å². The highest BCUT2D eigenvalue weighted by Gasteiger charge is 2.11. The zero-order valence-electron chi connectivity index (χ0n) is 14.7. The van der Waals surface area contributed by atoms with E-state index in [9.17, 15) is 9.59 Å². The molecule has 0 aliphatic heterocycles. The van der Waals surface area contributed by atoms with Gasteiger partial charge in [0.25, 0.3) is 5.91 Å². The van der Waals surface area contributed by atoms with Crippen molar-refractivity contribution in [2.45, 2.75) is 11.8 Å². The maximum atomic E-state index is 12.4. The Morgan fingerprint density at radius 3 is 2.52 bits per heavy atom. The zero-order valence-corrected chi connectivity index (χ0v) is 16.3. The fourth-order valence-corrected chi connectivity index (χ4v) is 3.65. The van der Waals surface area contributed by atoms with E-state index in [-0.39, 0.29) is 17.4 Å². The lowest BCUT2D eigenvalue weighted by atomic mass is 10.1. The first-order chi connectivity index (χ1) is 13.0. The Labute approximate surface area is 167 Å². The average molecular weight is 396 g/mol. The molecule has 3 aromatic rings. The summed E-state index contributed by atoms with van der Waals surface area (Å²) in [7, 11) is 0. The van der Waals surface area contributed by atoms with Crippen molar-refractivity contribution < 1.29 is 9.59 Å². The first kappa shape index (κ1) is 19.2. The van der Waals surface area contributed by atoms with Crippen molar-refractivity contribution in [1.82, 2.24) is 0 Å². The predicted molar refractivity (Wildman–Crippen MR) is 112 cm³/mol. The van der Waals surface area contributed by atoms with E-state index >= 15 is 0 Å². The molecule has 0 saturated heterocycles. The summed E-state index contributed by atoms with van der Waals surface area (Å²) in [6.07, 6.45) is 0. The van der Waals surface area contributed by atoms with Crippen LogP contribution in [0.25, 0.3) is 0 Å². The minimum atomic E-state index is -0.159. The molecular formula is C22H18ClNO2S. The molecule has 3 nitrogen and oxygen atoms in total. The van der Waals surface area contributed by atoms with Crippen LogP contribution in [0.15, 0.2) is 77.7 Å². The number of hydrogen-bond donors (Lipinski definition) is 1. The van der Waals surface area contributed by atoms with Gasteiger partial charge in [0.05, 0.1) is 10.8 Å². The second-order valence-electron chi connectivity index (χ2n) is 6.04. The number of nitrogens with one attached hydrogen (secondary N) is 1. The van der Waals surface area contributed by atoms with Crippen LogP contribution in [0.2, 0.25) is 5.02 Å². The van der Waals surface area contributed by atoms with Gasteiger partial charge in [0.15, 0.2) is 5.78 Å². The number of hydrogen-bond acceptors (Lipinski definition) is 3. The molecule has 0 atom stereocenters. The summed E-state index contributed by atoms with van der Waals surface area (Å²) >= 11 is 7.49. The number of carbonyl (C=O) groups is 2. The first-order valence-electron chi connectivity index (χ1n) is 8.41. The van der Waals surface area contributed by atoms with Gasteiger partial charge >= 0.3 is 0 Å². The summed E-state index contributed by atoms with van der Waals surface area (Å²) in [5, 5.41) is 3.36. The number of amides is 1. The molecule has 0 bridgehead atoms. The van der Waals surface area contributed by atoms with Crippen LogP contribution in [0.3, 0.4) is 0 Å². The molecule has 0 saturated carbocycles. The number of rotatable bonds is 6. The van der Waals surface area contributed by atoms with E-state index < -0.39 is 0 Å². The Morgan fingerprint density at radius 2 is 1.74 bits per heavy atom. The molecule has 27 heavy (non-hydrogen) atoms. The fraction of sp³-hybridized carbons (Fsp3) is 0.0909. The molecule has 0 unspecified atom stereocenters. The van der Waals surface area contributed by atoms with Gasteiger partial charge in [0.1, 0.15) is 0 Å². The van der Waals surface area contributed by atoms with Crippen LogP contribution >= 0.6 is 23.4 Å². The van der Waals surface area contributed by atoms with Crippen molar-refractivity contribution in [3.63, 3.8) is 0 Å². The molecule has 0 fully saturated rings. The van der Waals surface area contributed by atoms with Crippen LogP contribution in [0.5, 0.6) is 0 Å². The molecule has 0 heterocycles. The lowest BCUT2D eigenvalue weighted by Gasteiger charge is -2.08. The molecule has 136 valence electrons. The van der Waals surface area contributed by atoms with Crippen molar-refractivity contribution >= 4 is 40.7 Å². The molecule has 3 aromatic carbocycles. The molecule has 1 amide bonds. The number of carbonyl (C=O) groups excluding carboxylic acids is 2. The van der Waals surface area contributed by atoms with Gasteiger partial charge in [-0.25, -0.2) is 0 Å². The monoisotopic (exact) mass is 395 g/mol. The molecule has 0 aromatic heterocycles. The average Bonchev–Trinajstić information content (AvgIpc) is 2.67. The molecular weight excluding hydrogens is 378 g/mol. The number of aryl methyl sites for hydroxylation is 1. The normalized spacial score (nSPS) is 10.4. The Hall–Kier alpha value is -2.56. The fourth-order valence-electron chi connectivity index (χ4n) is 2.57. The number of halogens is 1. The van der Waals surface area contributed by atoms with Crippen molar-refractivity contribution in [1.29, 1.82) is 0 Å². The molecule has 5 heteroatoms. The quantitative estimate of drug-likeness (QED) is 0.419. The Kier molecular flexibility index (Phi) is 6.32.